The van der Waals surface area contributed by atoms with Crippen molar-refractivity contribution in [3.05, 3.63) is 0 Å². The normalized spacial score (nSPS) is 36.6. The molecule has 0 radical (unpaired) electrons. The van der Waals surface area contributed by atoms with Gasteiger partial charge in [-0.05, 0) is 82.0 Å². The van der Waals surface area contributed by atoms with Gasteiger partial charge in [0.1, 0.15) is 0 Å². The molecule has 0 amide bonds. The van der Waals surface area contributed by atoms with Crippen molar-refractivity contribution in [3.8, 4) is 0 Å². The van der Waals surface area contributed by atoms with E-state index in [-0.39, 0.29) is 18.3 Å². The quantitative estimate of drug-likeness (QED) is 0.467. The van der Waals surface area contributed by atoms with Crippen LogP contribution in [0.5, 0.6) is 0 Å². The largest absolute Gasteiger partial charge is 0.393 e. The average Bonchev–Trinajstić information content (AvgIpc) is 3.27. The molecule has 24 heavy (non-hydrogen) atoms. The summed E-state index contributed by atoms with van der Waals surface area (Å²) >= 11 is 0. The highest BCUT2D eigenvalue weighted by molar-refractivity contribution is 4.97. The zero-order valence-corrected chi connectivity index (χ0v) is 15.0. The first kappa shape index (κ1) is 18.6. The molecule has 1 spiro atoms. The van der Waals surface area contributed by atoms with Gasteiger partial charge < -0.3 is 20.1 Å². The fraction of sp³-hybridized carbons (Fsp3) is 1.00. The van der Waals surface area contributed by atoms with Crippen molar-refractivity contribution in [1.29, 1.82) is 0 Å². The molecule has 0 saturated heterocycles. The third-order valence-corrected chi connectivity index (χ3v) is 6.65. The van der Waals surface area contributed by atoms with E-state index in [0.717, 1.165) is 57.8 Å². The van der Waals surface area contributed by atoms with Crippen LogP contribution in [-0.2, 0) is 4.74 Å². The first-order valence-electron chi connectivity index (χ1n) is 10.3. The van der Waals surface area contributed by atoms with Crippen LogP contribution in [0.2, 0.25) is 0 Å². The van der Waals surface area contributed by atoms with Gasteiger partial charge in [-0.3, -0.25) is 0 Å². The zero-order chi connectivity index (χ0) is 17.0. The molecule has 0 heterocycles. The number of aliphatic hydroxyl groups excluding tert-OH is 3. The van der Waals surface area contributed by atoms with Crippen molar-refractivity contribution in [3.63, 3.8) is 0 Å². The van der Waals surface area contributed by atoms with Crippen molar-refractivity contribution < 1.29 is 20.1 Å². The number of ether oxygens (including phenoxy) is 1. The van der Waals surface area contributed by atoms with Crippen LogP contribution >= 0.6 is 0 Å². The highest BCUT2D eigenvalue weighted by atomic mass is 16.6. The van der Waals surface area contributed by atoms with Gasteiger partial charge in [0, 0.05) is 0 Å². The lowest BCUT2D eigenvalue weighted by Gasteiger charge is -2.31. The van der Waals surface area contributed by atoms with Crippen molar-refractivity contribution >= 4 is 0 Å². The van der Waals surface area contributed by atoms with E-state index in [2.05, 4.69) is 0 Å². The second kappa shape index (κ2) is 8.48. The maximum Gasteiger partial charge on any atom is 0.154 e. The van der Waals surface area contributed by atoms with Gasteiger partial charge in [0.2, 0.25) is 0 Å². The molecule has 3 fully saturated rings. The Morgan fingerprint density at radius 2 is 1.83 bits per heavy atom. The highest BCUT2D eigenvalue weighted by Gasteiger charge is 2.46. The molecule has 4 nitrogen and oxygen atoms in total. The van der Waals surface area contributed by atoms with Crippen molar-refractivity contribution in [2.24, 2.45) is 11.3 Å². The SMILES string of the molecule is OC1CCC(CCCCCC(O)OC2CCCC3(CC3)C2)C(O)C1. The molecule has 5 unspecified atom stereocenters. The van der Waals surface area contributed by atoms with Gasteiger partial charge in [-0.15, -0.1) is 0 Å². The third-order valence-electron chi connectivity index (χ3n) is 6.65. The predicted octanol–water partition coefficient (Wildman–Crippen LogP) is 3.52. The van der Waals surface area contributed by atoms with E-state index in [1.54, 1.807) is 0 Å². The van der Waals surface area contributed by atoms with Crippen molar-refractivity contribution in [2.45, 2.75) is 114 Å². The lowest BCUT2D eigenvalue weighted by molar-refractivity contribution is -0.153. The predicted molar refractivity (Wildman–Crippen MR) is 93.5 cm³/mol. The monoisotopic (exact) mass is 340 g/mol. The maximum absolute atomic E-state index is 10.1. The first-order valence-corrected chi connectivity index (χ1v) is 10.3. The summed E-state index contributed by atoms with van der Waals surface area (Å²) in [6.07, 6.45) is 13.9. The Bertz CT molecular complexity index is 382. The zero-order valence-electron chi connectivity index (χ0n) is 15.0. The van der Waals surface area contributed by atoms with Crippen LogP contribution in [0.25, 0.3) is 0 Å². The molecule has 0 bridgehead atoms. The molecular weight excluding hydrogens is 304 g/mol. The van der Waals surface area contributed by atoms with Crippen LogP contribution in [0.15, 0.2) is 0 Å². The molecular formula is C20H36O4. The van der Waals surface area contributed by atoms with Crippen molar-refractivity contribution in [1.82, 2.24) is 0 Å². The van der Waals surface area contributed by atoms with Gasteiger partial charge >= 0.3 is 0 Å². The summed E-state index contributed by atoms with van der Waals surface area (Å²) in [6, 6.07) is 0. The van der Waals surface area contributed by atoms with Crippen molar-refractivity contribution in [2.75, 3.05) is 0 Å². The summed E-state index contributed by atoms with van der Waals surface area (Å²) in [4.78, 5) is 0. The maximum atomic E-state index is 10.1. The van der Waals surface area contributed by atoms with Crippen LogP contribution in [0, 0.1) is 11.3 Å². The number of aliphatic hydroxyl groups is 3. The lowest BCUT2D eigenvalue weighted by Crippen LogP contribution is -2.31. The minimum Gasteiger partial charge on any atom is -0.393 e. The van der Waals surface area contributed by atoms with E-state index in [9.17, 15) is 15.3 Å². The van der Waals surface area contributed by atoms with Crippen LogP contribution in [0.4, 0.5) is 0 Å². The van der Waals surface area contributed by atoms with Gasteiger partial charge in [-0.1, -0.05) is 19.3 Å². The Kier molecular flexibility index (Phi) is 6.58. The summed E-state index contributed by atoms with van der Waals surface area (Å²) in [5.74, 6) is 0.353. The molecule has 0 aromatic rings. The van der Waals surface area contributed by atoms with Gasteiger partial charge in [0.25, 0.3) is 0 Å². The molecule has 3 aliphatic carbocycles. The molecule has 3 aliphatic rings. The van der Waals surface area contributed by atoms with Gasteiger partial charge in [0.05, 0.1) is 18.3 Å². The minimum absolute atomic E-state index is 0.278. The molecule has 0 aromatic heterocycles. The number of rotatable bonds is 8. The summed E-state index contributed by atoms with van der Waals surface area (Å²) in [5, 5.41) is 29.7. The van der Waals surface area contributed by atoms with E-state index < -0.39 is 6.29 Å². The second-order valence-corrected chi connectivity index (χ2v) is 8.74. The summed E-state index contributed by atoms with van der Waals surface area (Å²) in [7, 11) is 0. The van der Waals surface area contributed by atoms with Crippen LogP contribution in [0.3, 0.4) is 0 Å². The Hall–Kier alpha value is -0.160. The van der Waals surface area contributed by atoms with Gasteiger partial charge in [-0.25, -0.2) is 0 Å². The highest BCUT2D eigenvalue weighted by Crippen LogP contribution is 2.56. The summed E-state index contributed by atoms with van der Waals surface area (Å²) in [6.45, 7) is 0. The third kappa shape index (κ3) is 5.42. The lowest BCUT2D eigenvalue weighted by atomic mass is 9.82. The summed E-state index contributed by atoms with van der Waals surface area (Å²) in [5.41, 5.74) is 0.594. The molecule has 5 atom stereocenters. The average molecular weight is 341 g/mol. The Morgan fingerprint density at radius 1 is 1.00 bits per heavy atom. The smallest absolute Gasteiger partial charge is 0.154 e. The molecule has 4 heteroatoms. The van der Waals surface area contributed by atoms with Crippen LogP contribution in [0.1, 0.15) is 89.9 Å². The second-order valence-electron chi connectivity index (χ2n) is 8.74. The molecule has 3 rings (SSSR count). The van der Waals surface area contributed by atoms with E-state index in [1.807, 2.05) is 0 Å². The fourth-order valence-electron chi connectivity index (χ4n) is 4.86. The molecule has 0 aromatic carbocycles. The first-order chi connectivity index (χ1) is 11.6. The van der Waals surface area contributed by atoms with Crippen LogP contribution < -0.4 is 0 Å². The molecule has 3 saturated carbocycles. The topological polar surface area (TPSA) is 69.9 Å². The van der Waals surface area contributed by atoms with Gasteiger partial charge in [-0.2, -0.15) is 0 Å². The Morgan fingerprint density at radius 3 is 2.58 bits per heavy atom. The number of unbranched alkanes of at least 4 members (excludes halogenated alkanes) is 2. The van der Waals surface area contributed by atoms with Crippen LogP contribution in [-0.4, -0.2) is 39.9 Å². The Labute approximate surface area is 146 Å². The number of hydrogen-bond acceptors (Lipinski definition) is 4. The van der Waals surface area contributed by atoms with E-state index in [1.165, 1.54) is 25.7 Å². The Balaban J connectivity index is 1.23. The fourth-order valence-corrected chi connectivity index (χ4v) is 4.86. The minimum atomic E-state index is -0.598. The molecule has 3 N–H and O–H groups in total. The molecule has 140 valence electrons. The van der Waals surface area contributed by atoms with Gasteiger partial charge in [0.15, 0.2) is 6.29 Å². The van der Waals surface area contributed by atoms with E-state index in [4.69, 9.17) is 4.74 Å². The van der Waals surface area contributed by atoms with E-state index >= 15 is 0 Å². The number of hydrogen-bond donors (Lipinski definition) is 3. The molecule has 0 aliphatic heterocycles. The summed E-state index contributed by atoms with van der Waals surface area (Å²) < 4.78 is 5.88. The van der Waals surface area contributed by atoms with E-state index in [0.29, 0.717) is 17.8 Å². The standard InChI is InChI=1S/C20H36O4/c21-16-9-8-15(18(22)13-16)5-2-1-3-7-19(23)24-17-6-4-10-20(14-17)11-12-20/h15-19,21-23H,1-14H2.